The van der Waals surface area contributed by atoms with Gasteiger partial charge in [0.25, 0.3) is 0 Å². The van der Waals surface area contributed by atoms with Crippen molar-refractivity contribution in [2.75, 3.05) is 0 Å². The van der Waals surface area contributed by atoms with Gasteiger partial charge in [-0.25, -0.2) is 0 Å². The molecule has 0 aliphatic rings. The maximum absolute atomic E-state index is 6.20. The first-order valence-electron chi connectivity index (χ1n) is 9.87. The van der Waals surface area contributed by atoms with E-state index < -0.39 is 0 Å². The van der Waals surface area contributed by atoms with Crippen LogP contribution in [0, 0.1) is 6.92 Å². The van der Waals surface area contributed by atoms with Crippen molar-refractivity contribution in [1.29, 1.82) is 0 Å². The largest absolute Gasteiger partial charge is 0.455 e. The monoisotopic (exact) mass is 364 g/mol. The highest BCUT2D eigenvalue weighted by Crippen LogP contribution is 2.36. The molecular weight excluding hydrogens is 340 g/mol. The Balaban J connectivity index is 0.000000932. The van der Waals surface area contributed by atoms with Crippen LogP contribution in [0.5, 0.6) is 0 Å². The predicted molar refractivity (Wildman–Crippen MR) is 121 cm³/mol. The summed E-state index contributed by atoms with van der Waals surface area (Å²) < 4.78 is 6.20. The van der Waals surface area contributed by atoms with Crippen LogP contribution in [0.4, 0.5) is 0 Å². The van der Waals surface area contributed by atoms with Crippen LogP contribution in [-0.2, 0) is 0 Å². The number of fused-ring (bicyclic) bond motifs is 3. The molecule has 4 aromatic carbocycles. The molecule has 1 aromatic heterocycles. The molecule has 0 saturated carbocycles. The summed E-state index contributed by atoms with van der Waals surface area (Å²) in [5.41, 5.74) is 7.93. The first-order chi connectivity index (χ1) is 13.8. The lowest BCUT2D eigenvalue weighted by Gasteiger charge is -2.07. The van der Waals surface area contributed by atoms with E-state index >= 15 is 0 Å². The third-order valence-electron chi connectivity index (χ3n) is 4.93. The molecule has 0 aliphatic carbocycles. The van der Waals surface area contributed by atoms with Gasteiger partial charge in [-0.2, -0.15) is 0 Å². The molecule has 0 N–H and O–H groups in total. The maximum atomic E-state index is 6.20. The second-order valence-electron chi connectivity index (χ2n) is 6.73. The summed E-state index contributed by atoms with van der Waals surface area (Å²) in [6, 6.07) is 31.9. The maximum Gasteiger partial charge on any atom is 0.143 e. The Hall–Kier alpha value is -3.32. The Morgan fingerprint density at radius 1 is 0.571 bits per heavy atom. The lowest BCUT2D eigenvalue weighted by atomic mass is 9.97. The second kappa shape index (κ2) is 7.74. The van der Waals surface area contributed by atoms with Gasteiger partial charge < -0.3 is 4.42 Å². The number of benzene rings is 4. The summed E-state index contributed by atoms with van der Waals surface area (Å²) in [5.74, 6) is 0. The molecule has 0 spiro atoms. The fraction of sp³-hybridized carbons (Fsp3) is 0.111. The van der Waals surface area contributed by atoms with Crippen LogP contribution in [0.3, 0.4) is 0 Å². The summed E-state index contributed by atoms with van der Waals surface area (Å²) in [7, 11) is 0. The molecule has 28 heavy (non-hydrogen) atoms. The number of para-hydroxylation sites is 2. The second-order valence-corrected chi connectivity index (χ2v) is 6.73. The van der Waals surface area contributed by atoms with Crippen molar-refractivity contribution >= 4 is 21.9 Å². The lowest BCUT2D eigenvalue weighted by molar-refractivity contribution is 0.670. The Bertz CT molecular complexity index is 1240. The highest BCUT2D eigenvalue weighted by Gasteiger charge is 2.12. The van der Waals surface area contributed by atoms with Crippen LogP contribution >= 0.6 is 0 Å². The Morgan fingerprint density at radius 2 is 1.21 bits per heavy atom. The normalized spacial score (nSPS) is 10.7. The lowest BCUT2D eigenvalue weighted by Crippen LogP contribution is -1.83. The third-order valence-corrected chi connectivity index (χ3v) is 4.93. The highest BCUT2D eigenvalue weighted by atomic mass is 16.3. The summed E-state index contributed by atoms with van der Waals surface area (Å²) >= 11 is 0. The van der Waals surface area contributed by atoms with E-state index in [0.717, 1.165) is 16.7 Å². The zero-order chi connectivity index (χ0) is 19.5. The summed E-state index contributed by atoms with van der Waals surface area (Å²) in [4.78, 5) is 0. The van der Waals surface area contributed by atoms with Gasteiger partial charge in [0.2, 0.25) is 0 Å². The van der Waals surface area contributed by atoms with Gasteiger partial charge in [-0.1, -0.05) is 98.3 Å². The van der Waals surface area contributed by atoms with Gasteiger partial charge in [-0.3, -0.25) is 0 Å². The van der Waals surface area contributed by atoms with Gasteiger partial charge in [0.1, 0.15) is 11.2 Å². The molecule has 5 rings (SSSR count). The molecule has 0 fully saturated rings. The third kappa shape index (κ3) is 3.20. The number of aryl methyl sites for hydroxylation is 1. The fourth-order valence-electron chi connectivity index (χ4n) is 3.67. The van der Waals surface area contributed by atoms with Crippen molar-refractivity contribution in [3.05, 3.63) is 96.6 Å². The van der Waals surface area contributed by atoms with E-state index in [4.69, 9.17) is 4.42 Å². The molecule has 1 heterocycles. The van der Waals surface area contributed by atoms with Crippen LogP contribution in [0.1, 0.15) is 19.4 Å². The molecule has 1 heteroatoms. The van der Waals surface area contributed by atoms with Gasteiger partial charge in [0, 0.05) is 16.3 Å². The molecule has 5 aromatic rings. The van der Waals surface area contributed by atoms with Gasteiger partial charge in [0.05, 0.1) is 0 Å². The Morgan fingerprint density at radius 3 is 2.04 bits per heavy atom. The van der Waals surface area contributed by atoms with Crippen LogP contribution < -0.4 is 0 Å². The minimum Gasteiger partial charge on any atom is -0.455 e. The number of furan rings is 1. The first-order valence-corrected chi connectivity index (χ1v) is 9.87. The molecular formula is C27H24O. The molecule has 1 nitrogen and oxygen atoms in total. The van der Waals surface area contributed by atoms with Gasteiger partial charge in [-0.15, -0.1) is 0 Å². The van der Waals surface area contributed by atoms with Crippen molar-refractivity contribution in [3.63, 3.8) is 0 Å². The molecule has 0 amide bonds. The highest BCUT2D eigenvalue weighted by molar-refractivity contribution is 6.09. The molecule has 138 valence electrons. The standard InChI is InChI=1S/C25H18O.C2H6/c1-17-7-4-8-18(15-17)19-9-5-10-20(16-19)21-12-6-13-23-22-11-2-3-14-24(22)26-25(21)23;1-2/h2-16H,1H3;1-2H3. The molecule has 0 radical (unpaired) electrons. The molecule has 0 saturated heterocycles. The quantitative estimate of drug-likeness (QED) is 0.307. The molecule has 0 aliphatic heterocycles. The van der Waals surface area contributed by atoms with E-state index in [1.807, 2.05) is 26.0 Å². The molecule has 0 bridgehead atoms. The predicted octanol–water partition coefficient (Wildman–Crippen LogP) is 8.25. The van der Waals surface area contributed by atoms with Crippen LogP contribution in [0.2, 0.25) is 0 Å². The van der Waals surface area contributed by atoms with Crippen LogP contribution in [0.25, 0.3) is 44.2 Å². The minimum atomic E-state index is 0.935. The summed E-state index contributed by atoms with van der Waals surface area (Å²) in [6.07, 6.45) is 0. The number of rotatable bonds is 2. The van der Waals surface area contributed by atoms with E-state index in [0.29, 0.717) is 0 Å². The first kappa shape index (κ1) is 18.1. The van der Waals surface area contributed by atoms with Crippen molar-refractivity contribution in [2.24, 2.45) is 0 Å². The van der Waals surface area contributed by atoms with E-state index in [2.05, 4.69) is 85.8 Å². The van der Waals surface area contributed by atoms with Gasteiger partial charge >= 0.3 is 0 Å². The van der Waals surface area contributed by atoms with Crippen molar-refractivity contribution in [2.45, 2.75) is 20.8 Å². The zero-order valence-electron chi connectivity index (χ0n) is 16.6. The molecule has 0 atom stereocenters. The van der Waals surface area contributed by atoms with Crippen molar-refractivity contribution < 1.29 is 4.42 Å². The smallest absolute Gasteiger partial charge is 0.143 e. The Kier molecular flexibility index (Phi) is 4.99. The SMILES string of the molecule is CC.Cc1cccc(-c2cccc(-c3cccc4c3oc3ccccc34)c2)c1. The topological polar surface area (TPSA) is 13.1 Å². The summed E-state index contributed by atoms with van der Waals surface area (Å²) in [6.45, 7) is 6.13. The van der Waals surface area contributed by atoms with Crippen LogP contribution in [-0.4, -0.2) is 0 Å². The summed E-state index contributed by atoms with van der Waals surface area (Å²) in [5, 5.41) is 2.33. The Labute approximate surface area is 166 Å². The van der Waals surface area contributed by atoms with Crippen molar-refractivity contribution in [1.82, 2.24) is 0 Å². The average molecular weight is 364 g/mol. The number of hydrogen-bond donors (Lipinski definition) is 0. The van der Waals surface area contributed by atoms with Crippen LogP contribution in [0.15, 0.2) is 95.4 Å². The van der Waals surface area contributed by atoms with Crippen molar-refractivity contribution in [3.8, 4) is 22.3 Å². The zero-order valence-corrected chi connectivity index (χ0v) is 16.6. The van der Waals surface area contributed by atoms with E-state index in [1.165, 1.54) is 33.0 Å². The van der Waals surface area contributed by atoms with E-state index in [9.17, 15) is 0 Å². The molecule has 0 unspecified atom stereocenters. The van der Waals surface area contributed by atoms with E-state index in [1.54, 1.807) is 0 Å². The van der Waals surface area contributed by atoms with E-state index in [-0.39, 0.29) is 0 Å². The minimum absolute atomic E-state index is 0.935. The average Bonchev–Trinajstić information content (AvgIpc) is 3.14. The van der Waals surface area contributed by atoms with Gasteiger partial charge in [-0.05, 0) is 35.7 Å². The number of hydrogen-bond acceptors (Lipinski definition) is 1. The fourth-order valence-corrected chi connectivity index (χ4v) is 3.67. The van der Waals surface area contributed by atoms with Gasteiger partial charge in [0.15, 0.2) is 0 Å².